The molecular formula is C26H48N2O2. The molecule has 0 amide bonds. The zero-order valence-corrected chi connectivity index (χ0v) is 20.0. The van der Waals surface area contributed by atoms with Gasteiger partial charge < -0.3 is 14.5 Å². The Morgan fingerprint density at radius 2 is 1.43 bits per heavy atom. The van der Waals surface area contributed by atoms with Crippen LogP contribution in [-0.2, 0) is 9.53 Å². The van der Waals surface area contributed by atoms with E-state index in [1.807, 2.05) is 0 Å². The van der Waals surface area contributed by atoms with Gasteiger partial charge in [0.05, 0.1) is 6.61 Å². The number of ether oxygens (including phenoxy) is 1. The Balaban J connectivity index is 1.80. The summed E-state index contributed by atoms with van der Waals surface area (Å²) in [5.41, 5.74) is 0. The van der Waals surface area contributed by atoms with Crippen molar-refractivity contribution < 1.29 is 9.53 Å². The van der Waals surface area contributed by atoms with Gasteiger partial charge in [-0.1, -0.05) is 63.3 Å². The molecule has 1 rings (SSSR count). The first-order valence-corrected chi connectivity index (χ1v) is 12.6. The quantitative estimate of drug-likeness (QED) is 0.155. The van der Waals surface area contributed by atoms with Crippen molar-refractivity contribution in [3.8, 4) is 0 Å². The lowest BCUT2D eigenvalue weighted by atomic mass is 10.1. The van der Waals surface area contributed by atoms with Crippen molar-refractivity contribution >= 4 is 5.97 Å². The van der Waals surface area contributed by atoms with Gasteiger partial charge in [0.15, 0.2) is 0 Å². The number of carbonyl (C=O) groups is 1. The van der Waals surface area contributed by atoms with Crippen LogP contribution in [0, 0.1) is 0 Å². The molecule has 1 heterocycles. The second-order valence-electron chi connectivity index (χ2n) is 8.70. The molecule has 0 unspecified atom stereocenters. The van der Waals surface area contributed by atoms with Crippen LogP contribution in [0.1, 0.15) is 90.4 Å². The van der Waals surface area contributed by atoms with Crippen molar-refractivity contribution in [3.05, 3.63) is 24.3 Å². The SMILES string of the molecule is CCCCC/C=C\C/C=C\CCCCCCCC(=O)OCCCN1CCN(C)CC1. The van der Waals surface area contributed by atoms with Crippen LogP contribution in [0.2, 0.25) is 0 Å². The van der Waals surface area contributed by atoms with Crippen LogP contribution < -0.4 is 0 Å². The average molecular weight is 421 g/mol. The van der Waals surface area contributed by atoms with E-state index in [9.17, 15) is 4.79 Å². The Morgan fingerprint density at radius 1 is 0.800 bits per heavy atom. The summed E-state index contributed by atoms with van der Waals surface area (Å²) in [6.07, 6.45) is 24.1. The number of hydrogen-bond acceptors (Lipinski definition) is 4. The lowest BCUT2D eigenvalue weighted by molar-refractivity contribution is -0.144. The number of rotatable bonds is 18. The molecule has 0 N–H and O–H groups in total. The summed E-state index contributed by atoms with van der Waals surface area (Å²) in [5, 5.41) is 0. The number of esters is 1. The highest BCUT2D eigenvalue weighted by Gasteiger charge is 2.13. The van der Waals surface area contributed by atoms with Crippen LogP contribution in [0.15, 0.2) is 24.3 Å². The fraction of sp³-hybridized carbons (Fsp3) is 0.808. The average Bonchev–Trinajstić information content (AvgIpc) is 2.75. The normalized spacial score (nSPS) is 16.1. The minimum atomic E-state index is -0.0148. The van der Waals surface area contributed by atoms with E-state index in [2.05, 4.69) is 48.1 Å². The monoisotopic (exact) mass is 420 g/mol. The van der Waals surface area contributed by atoms with Crippen LogP contribution in [0.4, 0.5) is 0 Å². The van der Waals surface area contributed by atoms with Crippen LogP contribution in [0.3, 0.4) is 0 Å². The predicted molar refractivity (Wildman–Crippen MR) is 129 cm³/mol. The summed E-state index contributed by atoms with van der Waals surface area (Å²) in [7, 11) is 2.17. The molecular weight excluding hydrogens is 372 g/mol. The number of allylic oxidation sites excluding steroid dienone is 4. The molecule has 0 aromatic rings. The van der Waals surface area contributed by atoms with Crippen LogP contribution in [-0.4, -0.2) is 62.1 Å². The molecule has 4 nitrogen and oxygen atoms in total. The van der Waals surface area contributed by atoms with Gasteiger partial charge in [0.25, 0.3) is 0 Å². The molecule has 1 saturated heterocycles. The fourth-order valence-corrected chi connectivity index (χ4v) is 3.70. The molecule has 0 aromatic carbocycles. The first-order valence-electron chi connectivity index (χ1n) is 12.6. The third-order valence-electron chi connectivity index (χ3n) is 5.81. The number of nitrogens with zero attached hydrogens (tertiary/aromatic N) is 2. The van der Waals surface area contributed by atoms with E-state index in [0.717, 1.165) is 58.4 Å². The maximum atomic E-state index is 11.8. The third-order valence-corrected chi connectivity index (χ3v) is 5.81. The summed E-state index contributed by atoms with van der Waals surface area (Å²) >= 11 is 0. The van der Waals surface area contributed by atoms with E-state index in [4.69, 9.17) is 4.74 Å². The molecule has 4 heteroatoms. The van der Waals surface area contributed by atoms with Gasteiger partial charge >= 0.3 is 5.97 Å². The lowest BCUT2D eigenvalue weighted by Gasteiger charge is -2.32. The van der Waals surface area contributed by atoms with Crippen LogP contribution in [0.5, 0.6) is 0 Å². The highest BCUT2D eigenvalue weighted by Crippen LogP contribution is 2.09. The number of unbranched alkanes of at least 4 members (excludes halogenated alkanes) is 8. The fourth-order valence-electron chi connectivity index (χ4n) is 3.70. The summed E-state index contributed by atoms with van der Waals surface area (Å²) in [4.78, 5) is 16.6. The summed E-state index contributed by atoms with van der Waals surface area (Å²) in [6.45, 7) is 8.43. The van der Waals surface area contributed by atoms with Crippen molar-refractivity contribution in [3.63, 3.8) is 0 Å². The third kappa shape index (κ3) is 16.6. The molecule has 1 aliphatic rings. The smallest absolute Gasteiger partial charge is 0.305 e. The molecule has 0 aliphatic carbocycles. The zero-order valence-electron chi connectivity index (χ0n) is 20.0. The van der Waals surface area contributed by atoms with Gasteiger partial charge in [-0.15, -0.1) is 0 Å². The molecule has 1 aliphatic heterocycles. The summed E-state index contributed by atoms with van der Waals surface area (Å²) in [5.74, 6) is -0.0148. The largest absolute Gasteiger partial charge is 0.466 e. The standard InChI is InChI=1S/C26H48N2O2/c1-3-4-5-6-7-8-9-10-11-12-13-14-15-16-17-19-26(29)30-25-18-20-28-23-21-27(2)22-24-28/h7-8,10-11H,3-6,9,12-25H2,1-2H3/b8-7-,11-10-. The molecule has 0 radical (unpaired) electrons. The van der Waals surface area contributed by atoms with Crippen molar-refractivity contribution in [1.29, 1.82) is 0 Å². The lowest BCUT2D eigenvalue weighted by Crippen LogP contribution is -2.44. The van der Waals surface area contributed by atoms with E-state index in [1.165, 1.54) is 51.4 Å². The Labute approximate surface area is 186 Å². The second kappa shape index (κ2) is 19.8. The Morgan fingerprint density at radius 3 is 2.13 bits per heavy atom. The molecule has 0 saturated carbocycles. The van der Waals surface area contributed by atoms with E-state index < -0.39 is 0 Å². The van der Waals surface area contributed by atoms with Crippen LogP contribution >= 0.6 is 0 Å². The molecule has 0 bridgehead atoms. The van der Waals surface area contributed by atoms with Crippen LogP contribution in [0.25, 0.3) is 0 Å². The molecule has 1 fully saturated rings. The van der Waals surface area contributed by atoms with Crippen molar-refractivity contribution in [2.75, 3.05) is 46.4 Å². The minimum absolute atomic E-state index is 0.0148. The summed E-state index contributed by atoms with van der Waals surface area (Å²) < 4.78 is 5.38. The maximum absolute atomic E-state index is 11.8. The molecule has 30 heavy (non-hydrogen) atoms. The van der Waals surface area contributed by atoms with Gasteiger partial charge in [0, 0.05) is 39.1 Å². The molecule has 0 aromatic heterocycles. The van der Waals surface area contributed by atoms with Crippen molar-refractivity contribution in [2.45, 2.75) is 90.4 Å². The molecule has 174 valence electrons. The highest BCUT2D eigenvalue weighted by atomic mass is 16.5. The Hall–Kier alpha value is -1.13. The van der Waals surface area contributed by atoms with E-state index >= 15 is 0 Å². The molecule has 0 spiro atoms. The molecule has 0 atom stereocenters. The van der Waals surface area contributed by atoms with Gasteiger partial charge in [-0.2, -0.15) is 0 Å². The number of hydrogen-bond donors (Lipinski definition) is 0. The Bertz CT molecular complexity index is 454. The van der Waals surface area contributed by atoms with Gasteiger partial charge in [0.1, 0.15) is 0 Å². The highest BCUT2D eigenvalue weighted by molar-refractivity contribution is 5.69. The number of likely N-dealkylation sites (N-methyl/N-ethyl adjacent to an activating group) is 1. The van der Waals surface area contributed by atoms with Gasteiger partial charge in [-0.3, -0.25) is 4.79 Å². The van der Waals surface area contributed by atoms with Gasteiger partial charge in [-0.05, 0) is 52.0 Å². The van der Waals surface area contributed by atoms with Crippen molar-refractivity contribution in [2.24, 2.45) is 0 Å². The summed E-state index contributed by atoms with van der Waals surface area (Å²) in [6, 6.07) is 0. The predicted octanol–water partition coefficient (Wildman–Crippen LogP) is 5.98. The van der Waals surface area contributed by atoms with Gasteiger partial charge in [-0.25, -0.2) is 0 Å². The number of piperazine rings is 1. The zero-order chi connectivity index (χ0) is 21.7. The van der Waals surface area contributed by atoms with E-state index in [0.29, 0.717) is 13.0 Å². The van der Waals surface area contributed by atoms with E-state index in [1.54, 1.807) is 0 Å². The number of carbonyl (C=O) groups excluding carboxylic acids is 1. The van der Waals surface area contributed by atoms with Crippen molar-refractivity contribution in [1.82, 2.24) is 9.80 Å². The first kappa shape index (κ1) is 26.9. The topological polar surface area (TPSA) is 32.8 Å². The first-order chi connectivity index (χ1) is 14.7. The second-order valence-corrected chi connectivity index (χ2v) is 8.70. The van der Waals surface area contributed by atoms with E-state index in [-0.39, 0.29) is 5.97 Å². The Kier molecular flexibility index (Phi) is 17.8. The van der Waals surface area contributed by atoms with Gasteiger partial charge in [0.2, 0.25) is 0 Å². The maximum Gasteiger partial charge on any atom is 0.305 e. The minimum Gasteiger partial charge on any atom is -0.466 e.